The van der Waals surface area contributed by atoms with Gasteiger partial charge in [0.25, 0.3) is 5.91 Å². The average molecular weight is 382 g/mol. The Morgan fingerprint density at radius 2 is 1.93 bits per heavy atom. The van der Waals surface area contributed by atoms with Crippen molar-refractivity contribution in [3.63, 3.8) is 0 Å². The molecular formula is C22H23FN2O3. The van der Waals surface area contributed by atoms with E-state index in [0.717, 1.165) is 18.7 Å². The Morgan fingerprint density at radius 1 is 1.18 bits per heavy atom. The third kappa shape index (κ3) is 3.93. The molecule has 4 rings (SSSR count). The zero-order valence-electron chi connectivity index (χ0n) is 15.8. The number of carbonyl (C=O) groups excluding carboxylic acids is 1. The molecule has 1 atom stereocenters. The van der Waals surface area contributed by atoms with Crippen molar-refractivity contribution in [3.05, 3.63) is 71.2 Å². The van der Waals surface area contributed by atoms with E-state index in [1.165, 1.54) is 12.1 Å². The first-order valence-electron chi connectivity index (χ1n) is 9.46. The van der Waals surface area contributed by atoms with Gasteiger partial charge in [-0.1, -0.05) is 30.3 Å². The number of halogens is 1. The molecule has 1 aliphatic rings. The molecule has 1 fully saturated rings. The van der Waals surface area contributed by atoms with E-state index in [9.17, 15) is 9.18 Å². The van der Waals surface area contributed by atoms with Gasteiger partial charge in [0.05, 0.1) is 19.3 Å². The second-order valence-corrected chi connectivity index (χ2v) is 7.05. The number of amides is 1. The standard InChI is InChI=1S/C22H23FN2O3/c1-15-18-13-17(23)7-8-20(18)28-21(15)22(26)24-19(16-5-3-2-4-6-16)14-25-9-11-27-12-10-25/h2-8,13,19H,9-12,14H2,1H3,(H,24,26). The Labute approximate surface area is 163 Å². The van der Waals surface area contributed by atoms with Crippen LogP contribution in [0.3, 0.4) is 0 Å². The SMILES string of the molecule is Cc1c(C(=O)NC(CN2CCOCC2)c2ccccc2)oc2ccc(F)cc12. The van der Waals surface area contributed by atoms with E-state index < -0.39 is 0 Å². The third-order valence-electron chi connectivity index (χ3n) is 5.16. The van der Waals surface area contributed by atoms with E-state index >= 15 is 0 Å². The number of nitrogens with zero attached hydrogens (tertiary/aromatic N) is 1. The van der Waals surface area contributed by atoms with Gasteiger partial charge < -0.3 is 14.5 Å². The highest BCUT2D eigenvalue weighted by molar-refractivity contribution is 5.99. The molecule has 2 heterocycles. The Balaban J connectivity index is 1.59. The fourth-order valence-corrected chi connectivity index (χ4v) is 3.60. The fraction of sp³-hybridized carbons (Fsp3) is 0.318. The molecule has 1 N–H and O–H groups in total. The first-order valence-corrected chi connectivity index (χ1v) is 9.46. The summed E-state index contributed by atoms with van der Waals surface area (Å²) in [6.45, 7) is 5.53. The maximum absolute atomic E-state index is 13.6. The summed E-state index contributed by atoms with van der Waals surface area (Å²) in [5.41, 5.74) is 2.18. The van der Waals surface area contributed by atoms with Crippen LogP contribution in [0.5, 0.6) is 0 Å². The molecule has 28 heavy (non-hydrogen) atoms. The second-order valence-electron chi connectivity index (χ2n) is 7.05. The number of carbonyl (C=O) groups is 1. The van der Waals surface area contributed by atoms with Gasteiger partial charge in [0, 0.05) is 30.6 Å². The molecule has 1 amide bonds. The number of hydrogen-bond acceptors (Lipinski definition) is 4. The van der Waals surface area contributed by atoms with Gasteiger partial charge in [-0.3, -0.25) is 9.69 Å². The normalized spacial score (nSPS) is 16.2. The van der Waals surface area contributed by atoms with E-state index in [0.29, 0.717) is 36.3 Å². The Kier molecular flexibility index (Phi) is 5.41. The summed E-state index contributed by atoms with van der Waals surface area (Å²) < 4.78 is 24.7. The molecule has 0 saturated carbocycles. The quantitative estimate of drug-likeness (QED) is 0.731. The Morgan fingerprint density at radius 3 is 2.68 bits per heavy atom. The summed E-state index contributed by atoms with van der Waals surface area (Å²) in [5.74, 6) is -0.419. The molecule has 1 aliphatic heterocycles. The number of fused-ring (bicyclic) bond motifs is 1. The van der Waals surface area contributed by atoms with Crippen molar-refractivity contribution in [2.45, 2.75) is 13.0 Å². The minimum absolute atomic E-state index is 0.184. The highest BCUT2D eigenvalue weighted by atomic mass is 19.1. The number of morpholine rings is 1. The molecule has 5 nitrogen and oxygen atoms in total. The molecule has 0 bridgehead atoms. The number of nitrogens with one attached hydrogen (secondary N) is 1. The number of furan rings is 1. The lowest BCUT2D eigenvalue weighted by molar-refractivity contribution is 0.0331. The zero-order chi connectivity index (χ0) is 19.5. The van der Waals surface area contributed by atoms with E-state index in [1.54, 1.807) is 13.0 Å². The summed E-state index contributed by atoms with van der Waals surface area (Å²) in [4.78, 5) is 15.3. The topological polar surface area (TPSA) is 54.7 Å². The van der Waals surface area contributed by atoms with Crippen molar-refractivity contribution in [1.82, 2.24) is 10.2 Å². The number of aryl methyl sites for hydroxylation is 1. The van der Waals surface area contributed by atoms with Gasteiger partial charge in [-0.15, -0.1) is 0 Å². The summed E-state index contributed by atoms with van der Waals surface area (Å²) in [6.07, 6.45) is 0. The molecule has 0 radical (unpaired) electrons. The molecule has 1 saturated heterocycles. The zero-order valence-corrected chi connectivity index (χ0v) is 15.8. The summed E-state index contributed by atoms with van der Waals surface area (Å²) in [7, 11) is 0. The smallest absolute Gasteiger partial charge is 0.287 e. The highest BCUT2D eigenvalue weighted by Crippen LogP contribution is 2.27. The lowest BCUT2D eigenvalue weighted by atomic mass is 10.1. The van der Waals surface area contributed by atoms with E-state index in [2.05, 4.69) is 10.2 Å². The number of hydrogen-bond donors (Lipinski definition) is 1. The van der Waals surface area contributed by atoms with Gasteiger partial charge in [0.1, 0.15) is 11.4 Å². The molecule has 1 aromatic heterocycles. The molecule has 0 spiro atoms. The summed E-state index contributed by atoms with van der Waals surface area (Å²) in [6, 6.07) is 14.0. The van der Waals surface area contributed by atoms with E-state index in [4.69, 9.17) is 9.15 Å². The maximum Gasteiger partial charge on any atom is 0.287 e. The molecule has 6 heteroatoms. The minimum atomic E-state index is -0.349. The van der Waals surface area contributed by atoms with Crippen LogP contribution in [-0.4, -0.2) is 43.7 Å². The molecular weight excluding hydrogens is 359 g/mol. The fourth-order valence-electron chi connectivity index (χ4n) is 3.60. The van der Waals surface area contributed by atoms with Crippen molar-refractivity contribution in [3.8, 4) is 0 Å². The van der Waals surface area contributed by atoms with Gasteiger partial charge in [-0.2, -0.15) is 0 Å². The van der Waals surface area contributed by atoms with Gasteiger partial charge in [-0.25, -0.2) is 4.39 Å². The lowest BCUT2D eigenvalue weighted by Gasteiger charge is -2.31. The number of rotatable bonds is 5. The molecule has 0 aliphatic carbocycles. The minimum Gasteiger partial charge on any atom is -0.451 e. The van der Waals surface area contributed by atoms with Crippen LogP contribution in [-0.2, 0) is 4.74 Å². The Hall–Kier alpha value is -2.70. The van der Waals surface area contributed by atoms with Crippen molar-refractivity contribution in [1.29, 1.82) is 0 Å². The van der Waals surface area contributed by atoms with Crippen LogP contribution in [0.1, 0.15) is 27.7 Å². The van der Waals surface area contributed by atoms with Crippen LogP contribution in [0, 0.1) is 12.7 Å². The predicted octanol–water partition coefficient (Wildman–Crippen LogP) is 3.68. The first-order chi connectivity index (χ1) is 13.6. The van der Waals surface area contributed by atoms with Gasteiger partial charge in [0.15, 0.2) is 5.76 Å². The third-order valence-corrected chi connectivity index (χ3v) is 5.16. The van der Waals surface area contributed by atoms with Gasteiger partial charge in [0.2, 0.25) is 0 Å². The van der Waals surface area contributed by atoms with Crippen LogP contribution in [0.4, 0.5) is 4.39 Å². The van der Waals surface area contributed by atoms with Gasteiger partial charge >= 0.3 is 0 Å². The lowest BCUT2D eigenvalue weighted by Crippen LogP contribution is -2.43. The predicted molar refractivity (Wildman–Crippen MR) is 105 cm³/mol. The monoisotopic (exact) mass is 382 g/mol. The molecule has 3 aromatic rings. The van der Waals surface area contributed by atoms with Crippen molar-refractivity contribution in [2.24, 2.45) is 0 Å². The van der Waals surface area contributed by atoms with Crippen molar-refractivity contribution in [2.75, 3.05) is 32.8 Å². The van der Waals surface area contributed by atoms with Crippen LogP contribution in [0.2, 0.25) is 0 Å². The van der Waals surface area contributed by atoms with Crippen LogP contribution >= 0.6 is 0 Å². The number of ether oxygens (including phenoxy) is 1. The Bertz CT molecular complexity index is 965. The van der Waals surface area contributed by atoms with Crippen LogP contribution < -0.4 is 5.32 Å². The highest BCUT2D eigenvalue weighted by Gasteiger charge is 2.24. The van der Waals surface area contributed by atoms with Crippen molar-refractivity contribution < 1.29 is 18.3 Å². The van der Waals surface area contributed by atoms with E-state index in [-0.39, 0.29) is 23.5 Å². The average Bonchev–Trinajstić information content (AvgIpc) is 3.05. The molecule has 2 aromatic carbocycles. The number of benzene rings is 2. The van der Waals surface area contributed by atoms with Crippen LogP contribution in [0.15, 0.2) is 52.9 Å². The van der Waals surface area contributed by atoms with Gasteiger partial charge in [-0.05, 0) is 30.7 Å². The largest absolute Gasteiger partial charge is 0.451 e. The van der Waals surface area contributed by atoms with Crippen molar-refractivity contribution >= 4 is 16.9 Å². The van der Waals surface area contributed by atoms with Crippen LogP contribution in [0.25, 0.3) is 11.0 Å². The molecule has 1 unspecified atom stereocenters. The first kappa shape index (κ1) is 18.7. The molecule has 146 valence electrons. The summed E-state index contributed by atoms with van der Waals surface area (Å²) >= 11 is 0. The maximum atomic E-state index is 13.6. The second kappa shape index (κ2) is 8.12. The summed E-state index contributed by atoms with van der Waals surface area (Å²) in [5, 5.41) is 3.72. The van der Waals surface area contributed by atoms with E-state index in [1.807, 2.05) is 30.3 Å².